The zero-order valence-corrected chi connectivity index (χ0v) is 10.5. The Kier molecular flexibility index (Phi) is 5.64. The Balaban J connectivity index is 2.87. The number of carbonyl (C=O) groups is 2. The normalized spacial score (nSPS) is 10.9. The molecule has 0 fully saturated rings. The summed E-state index contributed by atoms with van der Waals surface area (Å²) < 4.78 is 9.94. The van der Waals surface area contributed by atoms with Crippen LogP contribution in [-0.2, 0) is 14.3 Å². The van der Waals surface area contributed by atoms with Gasteiger partial charge in [0.2, 0.25) is 0 Å². The zero-order chi connectivity index (χ0) is 13.4. The van der Waals surface area contributed by atoms with Crippen LogP contribution < -0.4 is 0 Å². The average molecular weight is 248 g/mol. The first-order valence-corrected chi connectivity index (χ1v) is 5.77. The molecule has 0 unspecified atom stereocenters. The molecule has 0 N–H and O–H groups in total. The lowest BCUT2D eigenvalue weighted by Gasteiger charge is -2.04. The van der Waals surface area contributed by atoms with E-state index in [9.17, 15) is 9.59 Å². The zero-order valence-electron chi connectivity index (χ0n) is 10.5. The molecule has 0 aromatic heterocycles. The minimum absolute atomic E-state index is 0.338. The fourth-order valence-electron chi connectivity index (χ4n) is 1.35. The van der Waals surface area contributed by atoms with Crippen molar-refractivity contribution in [3.05, 3.63) is 41.7 Å². The van der Waals surface area contributed by atoms with E-state index in [4.69, 9.17) is 9.47 Å². The molecule has 0 heterocycles. The van der Waals surface area contributed by atoms with Crippen LogP contribution in [0.25, 0.3) is 5.57 Å². The van der Waals surface area contributed by atoms with Crippen molar-refractivity contribution in [3.63, 3.8) is 0 Å². The Morgan fingerprint density at radius 3 is 2.22 bits per heavy atom. The number of hydrogen-bond donors (Lipinski definition) is 0. The van der Waals surface area contributed by atoms with Gasteiger partial charge < -0.3 is 9.47 Å². The predicted molar refractivity (Wildman–Crippen MR) is 68.1 cm³/mol. The van der Waals surface area contributed by atoms with Crippen LogP contribution in [0.5, 0.6) is 0 Å². The van der Waals surface area contributed by atoms with Gasteiger partial charge in [-0.3, -0.25) is 4.79 Å². The number of hydrogen-bond acceptors (Lipinski definition) is 4. The molecule has 1 aromatic carbocycles. The maximum atomic E-state index is 11.4. The van der Waals surface area contributed by atoms with E-state index in [2.05, 4.69) is 0 Å². The van der Waals surface area contributed by atoms with E-state index in [-0.39, 0.29) is 5.97 Å². The molecule has 0 bridgehead atoms. The highest BCUT2D eigenvalue weighted by Crippen LogP contribution is 2.14. The molecule has 0 spiro atoms. The summed E-state index contributed by atoms with van der Waals surface area (Å²) in [6.07, 6.45) is 2.13. The monoisotopic (exact) mass is 248 g/mol. The van der Waals surface area contributed by atoms with Crippen molar-refractivity contribution in [1.29, 1.82) is 0 Å². The number of aldehydes is 1. The van der Waals surface area contributed by atoms with Gasteiger partial charge in [-0.25, -0.2) is 4.79 Å². The standard InChI is InChI=1S/C14H16O4/c1-3-17-10-13(9-15)11-5-7-12(8-6-11)14(16)18-4-2/h5-10H,3-4H2,1-2H3/b13-10-. The molecule has 0 atom stereocenters. The van der Waals surface area contributed by atoms with Crippen LogP contribution >= 0.6 is 0 Å². The van der Waals surface area contributed by atoms with Crippen LogP contribution in [0.1, 0.15) is 29.8 Å². The van der Waals surface area contributed by atoms with E-state index in [0.717, 1.165) is 6.29 Å². The number of esters is 1. The molecular formula is C14H16O4. The maximum Gasteiger partial charge on any atom is 0.338 e. The number of rotatable bonds is 6. The van der Waals surface area contributed by atoms with E-state index in [1.165, 1.54) is 6.26 Å². The number of ether oxygens (including phenoxy) is 2. The van der Waals surface area contributed by atoms with Crippen molar-refractivity contribution >= 4 is 17.8 Å². The second-order valence-electron chi connectivity index (χ2n) is 3.44. The summed E-state index contributed by atoms with van der Waals surface area (Å²) in [5.74, 6) is -0.370. The lowest BCUT2D eigenvalue weighted by Crippen LogP contribution is -2.04. The second kappa shape index (κ2) is 7.27. The third kappa shape index (κ3) is 3.73. The molecule has 1 aromatic rings. The van der Waals surface area contributed by atoms with E-state index >= 15 is 0 Å². The first-order valence-electron chi connectivity index (χ1n) is 5.77. The molecule has 1 rings (SSSR count). The van der Waals surface area contributed by atoms with Crippen molar-refractivity contribution < 1.29 is 19.1 Å². The van der Waals surface area contributed by atoms with Crippen LogP contribution in [0.3, 0.4) is 0 Å². The van der Waals surface area contributed by atoms with Gasteiger partial charge in [0.05, 0.1) is 30.6 Å². The Morgan fingerprint density at radius 2 is 1.72 bits per heavy atom. The van der Waals surface area contributed by atoms with Gasteiger partial charge >= 0.3 is 5.97 Å². The first-order chi connectivity index (χ1) is 8.72. The summed E-state index contributed by atoms with van der Waals surface area (Å²) >= 11 is 0. The molecule has 96 valence electrons. The van der Waals surface area contributed by atoms with Crippen LogP contribution in [-0.4, -0.2) is 25.5 Å². The van der Waals surface area contributed by atoms with Crippen LogP contribution in [0.4, 0.5) is 0 Å². The molecule has 0 saturated heterocycles. The molecule has 0 amide bonds. The molecule has 0 aliphatic rings. The molecule has 18 heavy (non-hydrogen) atoms. The van der Waals surface area contributed by atoms with E-state index < -0.39 is 0 Å². The molecule has 0 aliphatic heterocycles. The summed E-state index contributed by atoms with van der Waals surface area (Å²) in [5, 5.41) is 0. The van der Waals surface area contributed by atoms with Gasteiger partial charge in [-0.05, 0) is 31.5 Å². The molecule has 4 heteroatoms. The largest absolute Gasteiger partial charge is 0.501 e. The molecule has 4 nitrogen and oxygen atoms in total. The van der Waals surface area contributed by atoms with E-state index in [0.29, 0.717) is 29.9 Å². The maximum absolute atomic E-state index is 11.4. The second-order valence-corrected chi connectivity index (χ2v) is 3.44. The Labute approximate surface area is 106 Å². The van der Waals surface area contributed by atoms with Crippen molar-refractivity contribution in [3.8, 4) is 0 Å². The summed E-state index contributed by atoms with van der Waals surface area (Å²) in [7, 11) is 0. The molecule has 0 aliphatic carbocycles. The topological polar surface area (TPSA) is 52.6 Å². The van der Waals surface area contributed by atoms with Gasteiger partial charge in [0.1, 0.15) is 0 Å². The minimum Gasteiger partial charge on any atom is -0.501 e. The highest BCUT2D eigenvalue weighted by Gasteiger charge is 2.07. The summed E-state index contributed by atoms with van der Waals surface area (Å²) in [6.45, 7) is 4.42. The number of carbonyl (C=O) groups excluding carboxylic acids is 2. The van der Waals surface area contributed by atoms with Gasteiger partial charge in [-0.1, -0.05) is 12.1 Å². The lowest BCUT2D eigenvalue weighted by molar-refractivity contribution is -0.103. The van der Waals surface area contributed by atoms with Crippen LogP contribution in [0.15, 0.2) is 30.5 Å². The summed E-state index contributed by atoms with van der Waals surface area (Å²) in [5.41, 5.74) is 1.60. The first kappa shape index (κ1) is 14.0. The van der Waals surface area contributed by atoms with E-state index in [1.54, 1.807) is 31.2 Å². The van der Waals surface area contributed by atoms with Gasteiger partial charge in [-0.2, -0.15) is 0 Å². The highest BCUT2D eigenvalue weighted by atomic mass is 16.5. The summed E-state index contributed by atoms with van der Waals surface area (Å²) in [6, 6.07) is 6.62. The van der Waals surface area contributed by atoms with Crippen molar-refractivity contribution in [2.24, 2.45) is 0 Å². The van der Waals surface area contributed by atoms with Crippen molar-refractivity contribution in [2.45, 2.75) is 13.8 Å². The number of benzene rings is 1. The molecule has 0 radical (unpaired) electrons. The number of allylic oxidation sites excluding steroid dienone is 1. The SMILES string of the molecule is CCO/C=C(/C=O)c1ccc(C(=O)OCC)cc1. The van der Waals surface area contributed by atoms with Crippen molar-refractivity contribution in [2.75, 3.05) is 13.2 Å². The third-order valence-electron chi connectivity index (χ3n) is 2.23. The Hall–Kier alpha value is -2.10. The van der Waals surface area contributed by atoms with E-state index in [1.807, 2.05) is 6.92 Å². The Morgan fingerprint density at radius 1 is 1.11 bits per heavy atom. The van der Waals surface area contributed by atoms with Gasteiger partial charge in [0.15, 0.2) is 6.29 Å². The third-order valence-corrected chi connectivity index (χ3v) is 2.23. The Bertz CT molecular complexity index is 432. The van der Waals surface area contributed by atoms with Crippen LogP contribution in [0, 0.1) is 0 Å². The fraction of sp³-hybridized carbons (Fsp3) is 0.286. The quantitative estimate of drug-likeness (QED) is 0.336. The minimum atomic E-state index is -0.370. The highest BCUT2D eigenvalue weighted by molar-refractivity contribution is 6.06. The van der Waals surface area contributed by atoms with Gasteiger partial charge in [0, 0.05) is 0 Å². The fourth-order valence-corrected chi connectivity index (χ4v) is 1.35. The molecule has 0 saturated carbocycles. The van der Waals surface area contributed by atoms with Crippen LogP contribution in [0.2, 0.25) is 0 Å². The molecular weight excluding hydrogens is 232 g/mol. The van der Waals surface area contributed by atoms with Gasteiger partial charge in [0.25, 0.3) is 0 Å². The lowest BCUT2D eigenvalue weighted by atomic mass is 10.1. The summed E-state index contributed by atoms with van der Waals surface area (Å²) in [4.78, 5) is 22.3. The predicted octanol–water partition coefficient (Wildman–Crippen LogP) is 2.44. The smallest absolute Gasteiger partial charge is 0.338 e. The van der Waals surface area contributed by atoms with Crippen molar-refractivity contribution in [1.82, 2.24) is 0 Å². The van der Waals surface area contributed by atoms with Gasteiger partial charge in [-0.15, -0.1) is 0 Å². The average Bonchev–Trinajstić information content (AvgIpc) is 2.40.